The number of carbonyl (C=O) groups excluding carboxylic acids is 4. The summed E-state index contributed by atoms with van der Waals surface area (Å²) in [5.41, 5.74) is 0.750. The van der Waals surface area contributed by atoms with Crippen LogP contribution in [-0.4, -0.2) is 65.2 Å². The van der Waals surface area contributed by atoms with Crippen LogP contribution in [0.1, 0.15) is 56.3 Å². The minimum Gasteiger partial charge on any atom is -0.507 e. The Labute approximate surface area is 228 Å². The van der Waals surface area contributed by atoms with Gasteiger partial charge in [0.2, 0.25) is 11.8 Å². The molecule has 3 rings (SSSR count). The number of alkyl carbamates (subject to hydrolysis) is 1. The first-order valence-corrected chi connectivity index (χ1v) is 12.9. The Hall–Kier alpha value is -4.08. The number of nitrogens with zero attached hydrogens (tertiary/aromatic N) is 1. The number of hydrogen-bond acceptors (Lipinski definition) is 7. The van der Waals surface area contributed by atoms with Gasteiger partial charge in [0.25, 0.3) is 0 Å². The van der Waals surface area contributed by atoms with Gasteiger partial charge in [-0.05, 0) is 51.7 Å². The molecular weight excluding hydrogens is 502 g/mol. The predicted molar refractivity (Wildman–Crippen MR) is 144 cm³/mol. The molecule has 0 aliphatic heterocycles. The third kappa shape index (κ3) is 8.20. The van der Waals surface area contributed by atoms with Gasteiger partial charge in [-0.2, -0.15) is 0 Å². The molecule has 3 N–H and O–H groups in total. The van der Waals surface area contributed by atoms with E-state index < -0.39 is 48.1 Å². The summed E-state index contributed by atoms with van der Waals surface area (Å²) in [6.45, 7) is 6.44. The quantitative estimate of drug-likeness (QED) is 0.395. The van der Waals surface area contributed by atoms with Crippen molar-refractivity contribution < 1.29 is 33.8 Å². The number of carbonyl (C=O) groups is 4. The lowest BCUT2D eigenvalue weighted by molar-refractivity contribution is -0.145. The zero-order valence-corrected chi connectivity index (χ0v) is 23.0. The molecule has 0 saturated heterocycles. The molecule has 39 heavy (non-hydrogen) atoms. The first-order valence-electron chi connectivity index (χ1n) is 12.9. The summed E-state index contributed by atoms with van der Waals surface area (Å²) in [6, 6.07) is 11.5. The number of amides is 3. The Balaban J connectivity index is 2.03. The first-order chi connectivity index (χ1) is 18.4. The molecule has 1 aliphatic rings. The number of phenols is 1. The van der Waals surface area contributed by atoms with Crippen LogP contribution in [0.4, 0.5) is 4.79 Å². The van der Waals surface area contributed by atoms with Crippen LogP contribution in [0.25, 0.3) is 0 Å². The SMILES string of the molecule is COC(=O)CNC(=O)C(c1cccc(C)c1O)N(C(=O)C(Cc1ccccc1)NC(=O)OC(C)(C)C)C1CC1. The van der Waals surface area contributed by atoms with E-state index in [1.165, 1.54) is 12.0 Å². The van der Waals surface area contributed by atoms with Crippen LogP contribution in [0.15, 0.2) is 48.5 Å². The number of methoxy groups -OCH3 is 1. The van der Waals surface area contributed by atoms with E-state index in [1.54, 1.807) is 45.9 Å². The average Bonchev–Trinajstić information content (AvgIpc) is 3.71. The number of aromatic hydroxyl groups is 1. The maximum Gasteiger partial charge on any atom is 0.408 e. The lowest BCUT2D eigenvalue weighted by Gasteiger charge is -2.35. The maximum atomic E-state index is 14.2. The van der Waals surface area contributed by atoms with Crippen LogP contribution < -0.4 is 10.6 Å². The van der Waals surface area contributed by atoms with Crippen molar-refractivity contribution in [2.75, 3.05) is 13.7 Å². The van der Waals surface area contributed by atoms with Crippen molar-refractivity contribution >= 4 is 23.9 Å². The Morgan fingerprint density at radius 1 is 1.05 bits per heavy atom. The summed E-state index contributed by atoms with van der Waals surface area (Å²) in [5.74, 6) is -1.95. The van der Waals surface area contributed by atoms with Crippen LogP contribution in [0.2, 0.25) is 0 Å². The van der Waals surface area contributed by atoms with Gasteiger partial charge in [-0.25, -0.2) is 4.79 Å². The largest absolute Gasteiger partial charge is 0.507 e. The lowest BCUT2D eigenvalue weighted by Crippen LogP contribution is -2.54. The number of aryl methyl sites for hydroxylation is 1. The van der Waals surface area contributed by atoms with Crippen molar-refractivity contribution in [3.63, 3.8) is 0 Å². The normalized spacial score (nSPS) is 14.5. The minimum absolute atomic E-state index is 0.131. The highest BCUT2D eigenvalue weighted by Gasteiger charge is 2.45. The Morgan fingerprint density at radius 2 is 1.72 bits per heavy atom. The van der Waals surface area contributed by atoms with Gasteiger partial charge in [-0.3, -0.25) is 14.4 Å². The molecule has 2 unspecified atom stereocenters. The van der Waals surface area contributed by atoms with E-state index in [1.807, 2.05) is 30.3 Å². The average molecular weight is 540 g/mol. The molecule has 1 saturated carbocycles. The molecule has 2 aromatic rings. The number of esters is 1. The number of rotatable bonds is 10. The maximum absolute atomic E-state index is 14.2. The second-order valence-corrected chi connectivity index (χ2v) is 10.6. The van der Waals surface area contributed by atoms with Crippen LogP contribution in [0, 0.1) is 6.92 Å². The number of phenolic OH excluding ortho intramolecular Hbond substituents is 1. The van der Waals surface area contributed by atoms with Gasteiger partial charge in [0.15, 0.2) is 0 Å². The molecule has 0 spiro atoms. The molecular formula is C29H37N3O7. The molecule has 0 bridgehead atoms. The summed E-state index contributed by atoms with van der Waals surface area (Å²) >= 11 is 0. The summed E-state index contributed by atoms with van der Waals surface area (Å²) < 4.78 is 10.1. The van der Waals surface area contributed by atoms with Crippen molar-refractivity contribution in [2.24, 2.45) is 0 Å². The van der Waals surface area contributed by atoms with Crippen LogP contribution in [0.3, 0.4) is 0 Å². The standard InChI is InChI=1S/C29H37N3O7/c1-18-10-9-13-21(25(18)34)24(26(35)30-17-23(33)38-5)32(20-14-15-20)27(36)22(16-19-11-7-6-8-12-19)31-28(37)39-29(2,3)4/h6-13,20,22,24,34H,14-17H2,1-5H3,(H,30,35)(H,31,37). The second-order valence-electron chi connectivity index (χ2n) is 10.6. The number of ether oxygens (including phenoxy) is 2. The molecule has 0 aromatic heterocycles. The van der Waals surface area contributed by atoms with Crippen LogP contribution in [0.5, 0.6) is 5.75 Å². The highest BCUT2D eigenvalue weighted by Crippen LogP contribution is 2.39. The Morgan fingerprint density at radius 3 is 2.31 bits per heavy atom. The highest BCUT2D eigenvalue weighted by atomic mass is 16.6. The lowest BCUT2D eigenvalue weighted by atomic mass is 9.98. The van der Waals surface area contributed by atoms with E-state index in [4.69, 9.17) is 4.74 Å². The fourth-order valence-corrected chi connectivity index (χ4v) is 4.20. The fourth-order valence-electron chi connectivity index (χ4n) is 4.20. The van der Waals surface area contributed by atoms with E-state index in [2.05, 4.69) is 15.4 Å². The van der Waals surface area contributed by atoms with Crippen LogP contribution >= 0.6 is 0 Å². The molecule has 3 amide bonds. The first kappa shape index (κ1) is 29.5. The van der Waals surface area contributed by atoms with E-state index >= 15 is 0 Å². The van der Waals surface area contributed by atoms with Crippen molar-refractivity contribution in [2.45, 2.75) is 70.7 Å². The topological polar surface area (TPSA) is 134 Å². The molecule has 2 aromatic carbocycles. The number of benzene rings is 2. The number of para-hydroxylation sites is 1. The molecule has 2 atom stereocenters. The Bertz CT molecular complexity index is 1190. The third-order valence-corrected chi connectivity index (χ3v) is 6.19. The van der Waals surface area contributed by atoms with Crippen molar-refractivity contribution in [3.8, 4) is 5.75 Å². The van der Waals surface area contributed by atoms with Crippen molar-refractivity contribution in [1.29, 1.82) is 0 Å². The summed E-state index contributed by atoms with van der Waals surface area (Å²) in [4.78, 5) is 53.8. The van der Waals surface area contributed by atoms with E-state index in [0.29, 0.717) is 18.4 Å². The number of nitrogens with one attached hydrogen (secondary N) is 2. The van der Waals surface area contributed by atoms with Gasteiger partial charge in [0.05, 0.1) is 7.11 Å². The van der Waals surface area contributed by atoms with Gasteiger partial charge in [0.1, 0.15) is 30.0 Å². The van der Waals surface area contributed by atoms with Gasteiger partial charge in [-0.15, -0.1) is 0 Å². The van der Waals surface area contributed by atoms with Gasteiger partial charge in [-0.1, -0.05) is 48.5 Å². The summed E-state index contributed by atoms with van der Waals surface area (Å²) in [7, 11) is 1.20. The van der Waals surface area contributed by atoms with Gasteiger partial charge < -0.3 is 30.1 Å². The highest BCUT2D eigenvalue weighted by molar-refractivity contribution is 5.94. The van der Waals surface area contributed by atoms with E-state index in [0.717, 1.165) is 5.56 Å². The van der Waals surface area contributed by atoms with Crippen molar-refractivity contribution in [1.82, 2.24) is 15.5 Å². The zero-order valence-electron chi connectivity index (χ0n) is 23.0. The van der Waals surface area contributed by atoms with Crippen LogP contribution in [-0.2, 0) is 30.3 Å². The fraction of sp³-hybridized carbons (Fsp3) is 0.448. The molecule has 10 heteroatoms. The smallest absolute Gasteiger partial charge is 0.408 e. The molecule has 0 heterocycles. The number of hydrogen-bond donors (Lipinski definition) is 3. The molecule has 10 nitrogen and oxygen atoms in total. The predicted octanol–water partition coefficient (Wildman–Crippen LogP) is 3.16. The molecule has 1 fully saturated rings. The van der Waals surface area contributed by atoms with Gasteiger partial charge in [0, 0.05) is 18.0 Å². The summed E-state index contributed by atoms with van der Waals surface area (Å²) in [6.07, 6.45) is 0.670. The molecule has 1 aliphatic carbocycles. The van der Waals surface area contributed by atoms with Crippen molar-refractivity contribution in [3.05, 3.63) is 65.2 Å². The van der Waals surface area contributed by atoms with E-state index in [9.17, 15) is 24.3 Å². The summed E-state index contributed by atoms with van der Waals surface area (Å²) in [5, 5.41) is 16.1. The third-order valence-electron chi connectivity index (χ3n) is 6.19. The molecule has 210 valence electrons. The Kier molecular flexibility index (Phi) is 9.56. The monoisotopic (exact) mass is 539 g/mol. The van der Waals surface area contributed by atoms with E-state index in [-0.39, 0.29) is 23.8 Å². The molecule has 0 radical (unpaired) electrons. The zero-order chi connectivity index (χ0) is 28.7. The minimum atomic E-state index is -1.26. The van der Waals surface area contributed by atoms with Gasteiger partial charge >= 0.3 is 12.1 Å². The second kappa shape index (κ2) is 12.6.